The third-order valence-electron chi connectivity index (χ3n) is 3.50. The monoisotopic (exact) mass is 337 g/mol. The number of hydrogen-bond donors (Lipinski definition) is 1. The van der Waals surface area contributed by atoms with Gasteiger partial charge in [0.2, 0.25) is 0 Å². The molecule has 0 unspecified atom stereocenters. The van der Waals surface area contributed by atoms with Gasteiger partial charge in [-0.25, -0.2) is 4.79 Å². The van der Waals surface area contributed by atoms with E-state index in [4.69, 9.17) is 5.11 Å². The summed E-state index contributed by atoms with van der Waals surface area (Å²) in [6, 6.07) is 6.56. The lowest BCUT2D eigenvalue weighted by molar-refractivity contribution is -0.131. The molecule has 4 heteroatoms. The second kappa shape index (κ2) is 6.44. The number of anilines is 1. The Morgan fingerprint density at radius 1 is 1.50 bits per heavy atom. The largest absolute Gasteiger partial charge is 0.478 e. The molecule has 0 aliphatic heterocycles. The first-order chi connectivity index (χ1) is 9.47. The molecule has 0 atom stereocenters. The Hall–Kier alpha value is -1.29. The van der Waals surface area contributed by atoms with Crippen molar-refractivity contribution in [2.45, 2.75) is 32.7 Å². The predicted octanol–water partition coefficient (Wildman–Crippen LogP) is 4.17. The predicted molar refractivity (Wildman–Crippen MR) is 86.0 cm³/mol. The van der Waals surface area contributed by atoms with Crippen molar-refractivity contribution in [2.24, 2.45) is 5.92 Å². The smallest absolute Gasteiger partial charge is 0.328 e. The fourth-order valence-corrected chi connectivity index (χ4v) is 2.68. The van der Waals surface area contributed by atoms with Gasteiger partial charge in [0, 0.05) is 28.8 Å². The molecular weight excluding hydrogens is 318 g/mol. The Bertz CT molecular complexity index is 521. The van der Waals surface area contributed by atoms with Crippen LogP contribution in [-0.4, -0.2) is 23.7 Å². The Labute approximate surface area is 128 Å². The summed E-state index contributed by atoms with van der Waals surface area (Å²) in [5.74, 6) is -0.0960. The number of nitrogens with zero attached hydrogens (tertiary/aromatic N) is 1. The van der Waals surface area contributed by atoms with Gasteiger partial charge in [-0.2, -0.15) is 0 Å². The Morgan fingerprint density at radius 2 is 2.20 bits per heavy atom. The molecule has 0 amide bonds. The Kier molecular flexibility index (Phi) is 4.86. The van der Waals surface area contributed by atoms with Crippen molar-refractivity contribution in [1.82, 2.24) is 0 Å². The van der Waals surface area contributed by atoms with Gasteiger partial charge in [0.1, 0.15) is 0 Å². The minimum atomic E-state index is -0.932. The molecule has 0 heterocycles. The number of halogens is 1. The minimum absolute atomic E-state index is 0.461. The van der Waals surface area contributed by atoms with E-state index < -0.39 is 5.97 Å². The summed E-state index contributed by atoms with van der Waals surface area (Å²) in [5.41, 5.74) is 2.07. The van der Waals surface area contributed by atoms with Crippen LogP contribution in [0.1, 0.15) is 32.3 Å². The van der Waals surface area contributed by atoms with Crippen LogP contribution in [0.15, 0.2) is 28.7 Å². The second-order valence-corrected chi connectivity index (χ2v) is 6.42. The molecule has 0 aromatic heterocycles. The molecule has 1 aliphatic carbocycles. The lowest BCUT2D eigenvalue weighted by Crippen LogP contribution is -2.32. The quantitative estimate of drug-likeness (QED) is 0.792. The fourth-order valence-electron chi connectivity index (χ4n) is 2.18. The van der Waals surface area contributed by atoms with Gasteiger partial charge >= 0.3 is 5.97 Å². The van der Waals surface area contributed by atoms with Crippen molar-refractivity contribution in [3.05, 3.63) is 34.3 Å². The van der Waals surface area contributed by atoms with E-state index in [1.165, 1.54) is 18.5 Å². The molecule has 1 aromatic carbocycles. The first-order valence-electron chi connectivity index (χ1n) is 6.94. The van der Waals surface area contributed by atoms with E-state index >= 15 is 0 Å². The van der Waals surface area contributed by atoms with Crippen molar-refractivity contribution in [3.8, 4) is 0 Å². The van der Waals surface area contributed by atoms with Crippen molar-refractivity contribution < 1.29 is 9.90 Å². The molecule has 0 radical (unpaired) electrons. The molecule has 20 heavy (non-hydrogen) atoms. The minimum Gasteiger partial charge on any atom is -0.478 e. The molecule has 108 valence electrons. The van der Waals surface area contributed by atoms with Crippen LogP contribution in [0.2, 0.25) is 0 Å². The molecule has 2 rings (SSSR count). The molecule has 1 aliphatic rings. The maximum Gasteiger partial charge on any atom is 0.328 e. The number of carboxylic acids is 1. The summed E-state index contributed by atoms with van der Waals surface area (Å²) in [6.45, 7) is 5.51. The number of carbonyl (C=O) groups is 1. The molecule has 1 N–H and O–H groups in total. The van der Waals surface area contributed by atoms with Gasteiger partial charge in [0.25, 0.3) is 0 Å². The molecular formula is C16H20BrNO2. The van der Waals surface area contributed by atoms with E-state index in [0.717, 1.165) is 28.6 Å². The zero-order chi connectivity index (χ0) is 14.7. The normalized spacial score (nSPS) is 15.0. The number of rotatable bonds is 6. The number of carboxylic acid groups (broad SMARTS) is 1. The van der Waals surface area contributed by atoms with E-state index in [9.17, 15) is 4.79 Å². The maximum absolute atomic E-state index is 10.6. The van der Waals surface area contributed by atoms with Crippen LogP contribution in [-0.2, 0) is 4.79 Å². The number of benzene rings is 1. The fraction of sp³-hybridized carbons (Fsp3) is 0.438. The third kappa shape index (κ3) is 4.10. The summed E-state index contributed by atoms with van der Waals surface area (Å²) >= 11 is 3.53. The molecule has 3 nitrogen and oxygen atoms in total. The average molecular weight is 338 g/mol. The number of hydrogen-bond acceptors (Lipinski definition) is 2. The van der Waals surface area contributed by atoms with Crippen LogP contribution in [0, 0.1) is 5.92 Å². The Morgan fingerprint density at radius 3 is 2.70 bits per heavy atom. The average Bonchev–Trinajstić information content (AvgIpc) is 3.17. The highest BCUT2D eigenvalue weighted by atomic mass is 79.9. The summed E-state index contributed by atoms with van der Waals surface area (Å²) in [7, 11) is 0. The van der Waals surface area contributed by atoms with Gasteiger partial charge < -0.3 is 10.0 Å². The van der Waals surface area contributed by atoms with Gasteiger partial charge in [-0.15, -0.1) is 0 Å². The zero-order valence-corrected chi connectivity index (χ0v) is 13.4. The molecule has 0 spiro atoms. The van der Waals surface area contributed by atoms with E-state index in [1.807, 2.05) is 6.07 Å². The third-order valence-corrected chi connectivity index (χ3v) is 4.18. The Balaban J connectivity index is 2.19. The highest BCUT2D eigenvalue weighted by Crippen LogP contribution is 2.33. The van der Waals surface area contributed by atoms with Crippen LogP contribution in [0.5, 0.6) is 0 Å². The zero-order valence-electron chi connectivity index (χ0n) is 11.8. The SMILES string of the molecule is CC(C)N(CC1CC1)c1ccc(/C=C/C(=O)O)c(Br)c1. The lowest BCUT2D eigenvalue weighted by Gasteiger charge is -2.29. The standard InChI is InChI=1S/C16H20BrNO2/c1-11(2)18(10-12-3-4-12)14-7-5-13(15(17)9-14)6-8-16(19)20/h5-9,11-12H,3-4,10H2,1-2H3,(H,19,20)/b8-6+. The van der Waals surface area contributed by atoms with E-state index in [-0.39, 0.29) is 0 Å². The summed E-state index contributed by atoms with van der Waals surface area (Å²) in [4.78, 5) is 13.0. The van der Waals surface area contributed by atoms with Crippen molar-refractivity contribution >= 4 is 33.7 Å². The van der Waals surface area contributed by atoms with E-state index in [1.54, 1.807) is 6.08 Å². The van der Waals surface area contributed by atoms with Crippen LogP contribution in [0.4, 0.5) is 5.69 Å². The van der Waals surface area contributed by atoms with Crippen molar-refractivity contribution in [3.63, 3.8) is 0 Å². The molecule has 0 saturated heterocycles. The molecule has 0 bridgehead atoms. The summed E-state index contributed by atoms with van der Waals surface area (Å²) < 4.78 is 0.925. The van der Waals surface area contributed by atoms with Gasteiger partial charge in [-0.3, -0.25) is 0 Å². The molecule has 1 aromatic rings. The van der Waals surface area contributed by atoms with Crippen molar-refractivity contribution in [2.75, 3.05) is 11.4 Å². The first kappa shape index (κ1) is 15.1. The summed E-state index contributed by atoms with van der Waals surface area (Å²) in [5, 5.41) is 8.68. The maximum atomic E-state index is 10.6. The van der Waals surface area contributed by atoms with E-state index in [0.29, 0.717) is 6.04 Å². The molecule has 1 saturated carbocycles. The van der Waals surface area contributed by atoms with Crippen LogP contribution in [0.3, 0.4) is 0 Å². The highest BCUT2D eigenvalue weighted by molar-refractivity contribution is 9.10. The van der Waals surface area contributed by atoms with E-state index in [2.05, 4.69) is 46.8 Å². The first-order valence-corrected chi connectivity index (χ1v) is 7.74. The lowest BCUT2D eigenvalue weighted by atomic mass is 10.1. The van der Waals surface area contributed by atoms with Gasteiger partial charge in [-0.05, 0) is 56.4 Å². The van der Waals surface area contributed by atoms with Gasteiger partial charge in [0.15, 0.2) is 0 Å². The molecule has 1 fully saturated rings. The van der Waals surface area contributed by atoms with Crippen LogP contribution < -0.4 is 4.90 Å². The summed E-state index contributed by atoms with van der Waals surface area (Å²) in [6.07, 6.45) is 5.44. The van der Waals surface area contributed by atoms with Crippen LogP contribution in [0.25, 0.3) is 6.08 Å². The highest BCUT2D eigenvalue weighted by Gasteiger charge is 2.25. The topological polar surface area (TPSA) is 40.5 Å². The number of aliphatic carboxylic acids is 1. The second-order valence-electron chi connectivity index (χ2n) is 5.57. The van der Waals surface area contributed by atoms with Gasteiger partial charge in [0.05, 0.1) is 0 Å². The van der Waals surface area contributed by atoms with Crippen LogP contribution >= 0.6 is 15.9 Å². The van der Waals surface area contributed by atoms with Crippen molar-refractivity contribution in [1.29, 1.82) is 0 Å². The van der Waals surface area contributed by atoms with Gasteiger partial charge in [-0.1, -0.05) is 22.0 Å².